The number of benzene rings is 1. The molecule has 7 nitrogen and oxygen atoms in total. The SMILES string of the molecule is Cc1nc2ncnn2c(C)c1CCC(=O)NC(C)c1ccc(OC(F)F)cc1. The first-order chi connectivity index (χ1) is 13.3. The standard InChI is InChI=1S/C19H21F2N5O2/c1-11(14-4-6-15(7-5-14)28-18(20)21)24-17(27)9-8-16-12(2)25-19-22-10-23-26(19)13(16)3/h4-7,10-11,18H,8-9H2,1-3H3,(H,24,27). The Labute approximate surface area is 160 Å². The van der Waals surface area contributed by atoms with Crippen LogP contribution in [0.2, 0.25) is 0 Å². The number of nitrogens with zero attached hydrogens (tertiary/aromatic N) is 4. The first kappa shape index (κ1) is 19.7. The van der Waals surface area contributed by atoms with Gasteiger partial charge in [-0.05, 0) is 50.5 Å². The fourth-order valence-corrected chi connectivity index (χ4v) is 3.09. The zero-order valence-electron chi connectivity index (χ0n) is 15.8. The highest BCUT2D eigenvalue weighted by molar-refractivity contribution is 5.76. The van der Waals surface area contributed by atoms with Gasteiger partial charge in [-0.1, -0.05) is 12.1 Å². The van der Waals surface area contributed by atoms with Gasteiger partial charge in [0.2, 0.25) is 5.91 Å². The quantitative estimate of drug-likeness (QED) is 0.671. The van der Waals surface area contributed by atoms with Gasteiger partial charge in [0, 0.05) is 17.8 Å². The van der Waals surface area contributed by atoms with E-state index in [0.29, 0.717) is 18.6 Å². The molecule has 1 atom stereocenters. The van der Waals surface area contributed by atoms with Crippen LogP contribution in [0, 0.1) is 13.8 Å². The highest BCUT2D eigenvalue weighted by Gasteiger charge is 2.14. The molecule has 0 aliphatic rings. The van der Waals surface area contributed by atoms with E-state index < -0.39 is 6.61 Å². The summed E-state index contributed by atoms with van der Waals surface area (Å²) in [6.07, 6.45) is 2.27. The van der Waals surface area contributed by atoms with Crippen molar-refractivity contribution in [2.75, 3.05) is 0 Å². The van der Waals surface area contributed by atoms with Crippen LogP contribution in [0.3, 0.4) is 0 Å². The zero-order chi connectivity index (χ0) is 20.3. The van der Waals surface area contributed by atoms with Gasteiger partial charge >= 0.3 is 6.61 Å². The van der Waals surface area contributed by atoms with Crippen LogP contribution in [0.4, 0.5) is 8.78 Å². The van der Waals surface area contributed by atoms with E-state index in [4.69, 9.17) is 0 Å². The molecular weight excluding hydrogens is 368 g/mol. The molecule has 3 aromatic rings. The van der Waals surface area contributed by atoms with Gasteiger partial charge in [0.25, 0.3) is 5.78 Å². The summed E-state index contributed by atoms with van der Waals surface area (Å²) >= 11 is 0. The van der Waals surface area contributed by atoms with E-state index in [2.05, 4.69) is 25.1 Å². The summed E-state index contributed by atoms with van der Waals surface area (Å²) in [5.74, 6) is 0.508. The highest BCUT2D eigenvalue weighted by atomic mass is 19.3. The average Bonchev–Trinajstić information content (AvgIpc) is 3.10. The third-order valence-corrected chi connectivity index (χ3v) is 4.57. The Kier molecular flexibility index (Phi) is 5.81. The molecule has 9 heteroatoms. The maximum atomic E-state index is 12.4. The minimum absolute atomic E-state index is 0.0826. The minimum Gasteiger partial charge on any atom is -0.435 e. The van der Waals surface area contributed by atoms with Gasteiger partial charge < -0.3 is 10.1 Å². The Bertz CT molecular complexity index is 972. The molecule has 0 aliphatic carbocycles. The summed E-state index contributed by atoms with van der Waals surface area (Å²) in [7, 11) is 0. The van der Waals surface area contributed by atoms with Crippen molar-refractivity contribution >= 4 is 11.7 Å². The normalized spacial score (nSPS) is 12.4. The third-order valence-electron chi connectivity index (χ3n) is 4.57. The Balaban J connectivity index is 1.60. The van der Waals surface area contributed by atoms with E-state index in [0.717, 1.165) is 22.5 Å². The van der Waals surface area contributed by atoms with Crippen LogP contribution in [0.15, 0.2) is 30.6 Å². The summed E-state index contributed by atoms with van der Waals surface area (Å²) in [6.45, 7) is 2.79. The number of carbonyl (C=O) groups is 1. The van der Waals surface area contributed by atoms with E-state index >= 15 is 0 Å². The molecule has 0 bridgehead atoms. The number of aromatic nitrogens is 4. The molecule has 2 heterocycles. The van der Waals surface area contributed by atoms with Crippen LogP contribution in [-0.2, 0) is 11.2 Å². The Morgan fingerprint density at radius 2 is 1.96 bits per heavy atom. The minimum atomic E-state index is -2.86. The van der Waals surface area contributed by atoms with Crippen molar-refractivity contribution in [2.45, 2.75) is 46.3 Å². The summed E-state index contributed by atoms with van der Waals surface area (Å²) in [6, 6.07) is 5.95. The maximum Gasteiger partial charge on any atom is 0.387 e. The molecule has 1 aromatic carbocycles. The molecule has 1 N–H and O–H groups in total. The van der Waals surface area contributed by atoms with Crippen molar-refractivity contribution in [1.82, 2.24) is 24.9 Å². The lowest BCUT2D eigenvalue weighted by molar-refractivity contribution is -0.121. The van der Waals surface area contributed by atoms with E-state index in [-0.39, 0.29) is 17.7 Å². The average molecular weight is 389 g/mol. The summed E-state index contributed by atoms with van der Waals surface area (Å²) in [5, 5.41) is 7.06. The van der Waals surface area contributed by atoms with Crippen molar-refractivity contribution in [3.05, 3.63) is 53.1 Å². The molecule has 28 heavy (non-hydrogen) atoms. The number of fused-ring (bicyclic) bond motifs is 1. The molecule has 0 spiro atoms. The predicted octanol–water partition coefficient (Wildman–Crippen LogP) is 3.15. The van der Waals surface area contributed by atoms with E-state index in [1.807, 2.05) is 20.8 Å². The molecule has 1 unspecified atom stereocenters. The number of rotatable bonds is 7. The number of hydrogen-bond donors (Lipinski definition) is 1. The topological polar surface area (TPSA) is 81.4 Å². The van der Waals surface area contributed by atoms with Gasteiger partial charge in [0.15, 0.2) is 0 Å². The molecule has 0 aliphatic heterocycles. The lowest BCUT2D eigenvalue weighted by Gasteiger charge is -2.16. The molecule has 0 fully saturated rings. The number of alkyl halides is 2. The second-order valence-electron chi connectivity index (χ2n) is 6.47. The number of aryl methyl sites for hydroxylation is 2. The van der Waals surface area contributed by atoms with E-state index in [1.54, 1.807) is 16.6 Å². The van der Waals surface area contributed by atoms with Crippen LogP contribution in [0.1, 0.15) is 41.9 Å². The summed E-state index contributed by atoms with van der Waals surface area (Å²) in [5.41, 5.74) is 3.51. The largest absolute Gasteiger partial charge is 0.435 e. The Hall–Kier alpha value is -3.10. The van der Waals surface area contributed by atoms with Gasteiger partial charge in [-0.3, -0.25) is 4.79 Å². The van der Waals surface area contributed by atoms with Crippen molar-refractivity contribution in [3.8, 4) is 5.75 Å². The van der Waals surface area contributed by atoms with Crippen LogP contribution in [-0.4, -0.2) is 32.1 Å². The van der Waals surface area contributed by atoms with Crippen LogP contribution < -0.4 is 10.1 Å². The number of amides is 1. The van der Waals surface area contributed by atoms with Crippen molar-refractivity contribution in [1.29, 1.82) is 0 Å². The monoisotopic (exact) mass is 389 g/mol. The van der Waals surface area contributed by atoms with E-state index in [9.17, 15) is 13.6 Å². The molecular formula is C19H21F2N5O2. The Morgan fingerprint density at radius 3 is 2.64 bits per heavy atom. The summed E-state index contributed by atoms with van der Waals surface area (Å²) < 4.78 is 30.4. The molecule has 148 valence electrons. The fraction of sp³-hybridized carbons (Fsp3) is 0.368. The van der Waals surface area contributed by atoms with Crippen LogP contribution in [0.5, 0.6) is 5.75 Å². The lowest BCUT2D eigenvalue weighted by Crippen LogP contribution is -2.27. The first-order valence-electron chi connectivity index (χ1n) is 8.85. The van der Waals surface area contributed by atoms with Crippen LogP contribution in [0.25, 0.3) is 5.78 Å². The van der Waals surface area contributed by atoms with Crippen LogP contribution >= 0.6 is 0 Å². The second kappa shape index (κ2) is 8.28. The summed E-state index contributed by atoms with van der Waals surface area (Å²) in [4.78, 5) is 20.8. The van der Waals surface area contributed by atoms with Crippen molar-refractivity contribution < 1.29 is 18.3 Å². The van der Waals surface area contributed by atoms with E-state index in [1.165, 1.54) is 18.5 Å². The highest BCUT2D eigenvalue weighted by Crippen LogP contribution is 2.20. The molecule has 2 aromatic heterocycles. The molecule has 1 amide bonds. The number of carbonyl (C=O) groups excluding carboxylic acids is 1. The van der Waals surface area contributed by atoms with Gasteiger partial charge in [0.05, 0.1) is 6.04 Å². The van der Waals surface area contributed by atoms with Gasteiger partial charge in [-0.25, -0.2) is 9.50 Å². The van der Waals surface area contributed by atoms with Gasteiger partial charge in [-0.15, -0.1) is 0 Å². The molecule has 0 radical (unpaired) electrons. The molecule has 0 saturated carbocycles. The Morgan fingerprint density at radius 1 is 1.25 bits per heavy atom. The second-order valence-corrected chi connectivity index (χ2v) is 6.47. The first-order valence-corrected chi connectivity index (χ1v) is 8.85. The maximum absolute atomic E-state index is 12.4. The van der Waals surface area contributed by atoms with Crippen molar-refractivity contribution in [2.24, 2.45) is 0 Å². The molecule has 0 saturated heterocycles. The fourth-order valence-electron chi connectivity index (χ4n) is 3.09. The lowest BCUT2D eigenvalue weighted by atomic mass is 10.1. The predicted molar refractivity (Wildman–Crippen MR) is 98.2 cm³/mol. The van der Waals surface area contributed by atoms with Crippen molar-refractivity contribution in [3.63, 3.8) is 0 Å². The smallest absolute Gasteiger partial charge is 0.387 e. The molecule has 3 rings (SSSR count). The zero-order valence-corrected chi connectivity index (χ0v) is 15.8. The van der Waals surface area contributed by atoms with Gasteiger partial charge in [0.1, 0.15) is 12.1 Å². The number of ether oxygens (including phenoxy) is 1. The number of halogens is 2. The van der Waals surface area contributed by atoms with Gasteiger partial charge in [-0.2, -0.15) is 18.9 Å². The number of nitrogens with one attached hydrogen (secondary N) is 1. The number of hydrogen-bond acceptors (Lipinski definition) is 5. The third kappa shape index (κ3) is 4.41.